The molecule has 4 rings (SSSR count). The number of nitrogens with zero attached hydrogens (tertiary/aromatic N) is 1. The Morgan fingerprint density at radius 1 is 1.13 bits per heavy atom. The average Bonchev–Trinajstić information content (AvgIpc) is 2.80. The van der Waals surface area contributed by atoms with E-state index in [0.29, 0.717) is 29.7 Å². The fourth-order valence-electron chi connectivity index (χ4n) is 4.50. The van der Waals surface area contributed by atoms with Crippen molar-refractivity contribution in [3.8, 4) is 0 Å². The molecule has 2 aromatic rings. The maximum absolute atomic E-state index is 14.2. The number of halogens is 1. The van der Waals surface area contributed by atoms with Crippen LogP contribution in [0.4, 0.5) is 15.8 Å². The number of hydrogen-bond donors (Lipinski definition) is 1. The highest BCUT2D eigenvalue weighted by atomic mass is 19.1. The van der Waals surface area contributed by atoms with Gasteiger partial charge in [-0.25, -0.2) is 4.39 Å². The van der Waals surface area contributed by atoms with Gasteiger partial charge in [0.05, 0.1) is 17.4 Å². The molecule has 1 atom stereocenters. The number of Topliss-reactive ketones (excluding diaryl/α,β-unsaturated/α-hetero) is 1. The molecule has 0 fully saturated rings. The molecular formula is C25H27FN2O2. The minimum Gasteiger partial charge on any atom is -0.357 e. The summed E-state index contributed by atoms with van der Waals surface area (Å²) in [5.74, 6) is -0.783. The summed E-state index contributed by atoms with van der Waals surface area (Å²) in [4.78, 5) is 28.6. The van der Waals surface area contributed by atoms with Gasteiger partial charge in [-0.05, 0) is 41.7 Å². The number of ketones is 1. The van der Waals surface area contributed by atoms with Crippen molar-refractivity contribution in [3.63, 3.8) is 0 Å². The highest BCUT2D eigenvalue weighted by Gasteiger charge is 2.43. The number of fused-ring (bicyclic) bond motifs is 1. The van der Waals surface area contributed by atoms with Crippen molar-refractivity contribution in [2.24, 2.45) is 11.3 Å². The SMILES string of the molecule is CC(C)C(=O)N1c2ccccc2NC2=C(C(=O)CC(C)(C)C2)C1c1cccc(F)c1. The Hall–Kier alpha value is -2.95. The summed E-state index contributed by atoms with van der Waals surface area (Å²) in [6.45, 7) is 7.82. The first-order chi connectivity index (χ1) is 14.2. The van der Waals surface area contributed by atoms with Crippen molar-refractivity contribution in [3.05, 3.63) is 71.2 Å². The van der Waals surface area contributed by atoms with Crippen molar-refractivity contribution in [1.82, 2.24) is 0 Å². The van der Waals surface area contributed by atoms with Gasteiger partial charge in [0.15, 0.2) is 5.78 Å². The van der Waals surface area contributed by atoms with E-state index in [2.05, 4.69) is 19.2 Å². The van der Waals surface area contributed by atoms with Crippen LogP contribution in [0.1, 0.15) is 52.1 Å². The van der Waals surface area contributed by atoms with Gasteiger partial charge in [0.25, 0.3) is 0 Å². The maximum atomic E-state index is 14.2. The topological polar surface area (TPSA) is 49.4 Å². The molecule has 1 aliphatic heterocycles. The number of carbonyl (C=O) groups excluding carboxylic acids is 2. The van der Waals surface area contributed by atoms with Crippen LogP contribution < -0.4 is 10.2 Å². The van der Waals surface area contributed by atoms with E-state index in [9.17, 15) is 14.0 Å². The van der Waals surface area contributed by atoms with Crippen LogP contribution in [0.15, 0.2) is 59.8 Å². The minimum atomic E-state index is -0.676. The van der Waals surface area contributed by atoms with Crippen molar-refractivity contribution in [2.45, 2.75) is 46.6 Å². The minimum absolute atomic E-state index is 0.00243. The van der Waals surface area contributed by atoms with Crippen LogP contribution in [-0.4, -0.2) is 11.7 Å². The van der Waals surface area contributed by atoms with Gasteiger partial charge < -0.3 is 5.32 Å². The van der Waals surface area contributed by atoms with Crippen molar-refractivity contribution < 1.29 is 14.0 Å². The van der Waals surface area contributed by atoms with Crippen LogP contribution in [0.3, 0.4) is 0 Å². The molecule has 2 aliphatic rings. The number of hydrogen-bond acceptors (Lipinski definition) is 3. The lowest BCUT2D eigenvalue weighted by Gasteiger charge is -2.37. The molecule has 0 aromatic heterocycles. The monoisotopic (exact) mass is 406 g/mol. The fourth-order valence-corrected chi connectivity index (χ4v) is 4.50. The molecule has 4 nitrogen and oxygen atoms in total. The van der Waals surface area contributed by atoms with Gasteiger partial charge in [0, 0.05) is 23.6 Å². The summed E-state index contributed by atoms with van der Waals surface area (Å²) in [5.41, 5.74) is 3.26. The number of carbonyl (C=O) groups is 2. The van der Waals surface area contributed by atoms with Gasteiger partial charge in [-0.2, -0.15) is 0 Å². The molecule has 30 heavy (non-hydrogen) atoms. The van der Waals surface area contributed by atoms with Crippen LogP contribution in [0, 0.1) is 17.2 Å². The molecule has 0 bridgehead atoms. The van der Waals surface area contributed by atoms with Crippen LogP contribution in [-0.2, 0) is 9.59 Å². The highest BCUT2D eigenvalue weighted by Crippen LogP contribution is 2.48. The number of rotatable bonds is 2. The van der Waals surface area contributed by atoms with Crippen LogP contribution >= 0.6 is 0 Å². The van der Waals surface area contributed by atoms with E-state index < -0.39 is 6.04 Å². The molecule has 0 radical (unpaired) electrons. The Bertz CT molecular complexity index is 1050. The molecule has 1 unspecified atom stereocenters. The first kappa shape index (κ1) is 20.3. The third kappa shape index (κ3) is 3.53. The van der Waals surface area contributed by atoms with Crippen molar-refractivity contribution in [1.29, 1.82) is 0 Å². The lowest BCUT2D eigenvalue weighted by molar-refractivity contribution is -0.122. The number of amides is 1. The quantitative estimate of drug-likeness (QED) is 0.704. The van der Waals surface area contributed by atoms with Gasteiger partial charge in [-0.15, -0.1) is 0 Å². The lowest BCUT2D eigenvalue weighted by Crippen LogP contribution is -2.41. The summed E-state index contributed by atoms with van der Waals surface area (Å²) in [6, 6.07) is 13.1. The molecule has 0 spiro atoms. The largest absolute Gasteiger partial charge is 0.357 e. The summed E-state index contributed by atoms with van der Waals surface area (Å²) in [6.07, 6.45) is 1.07. The van der Waals surface area contributed by atoms with E-state index >= 15 is 0 Å². The first-order valence-corrected chi connectivity index (χ1v) is 10.4. The molecule has 1 aliphatic carbocycles. The summed E-state index contributed by atoms with van der Waals surface area (Å²) in [7, 11) is 0. The van der Waals surface area contributed by atoms with Gasteiger partial charge >= 0.3 is 0 Å². The second-order valence-electron chi connectivity index (χ2n) is 9.30. The van der Waals surface area contributed by atoms with E-state index in [1.165, 1.54) is 12.1 Å². The normalized spacial score (nSPS) is 20.4. The van der Waals surface area contributed by atoms with Gasteiger partial charge in [0.1, 0.15) is 5.82 Å². The molecule has 0 saturated heterocycles. The number of benzene rings is 2. The number of para-hydroxylation sites is 2. The lowest BCUT2D eigenvalue weighted by atomic mass is 9.73. The maximum Gasteiger partial charge on any atom is 0.230 e. The van der Waals surface area contributed by atoms with Crippen molar-refractivity contribution >= 4 is 23.1 Å². The predicted molar refractivity (Wildman–Crippen MR) is 117 cm³/mol. The van der Waals surface area contributed by atoms with E-state index in [1.54, 1.807) is 17.0 Å². The second kappa shape index (κ2) is 7.38. The molecule has 0 saturated carbocycles. The Labute approximate surface area is 176 Å². The van der Waals surface area contributed by atoms with E-state index in [0.717, 1.165) is 11.4 Å². The zero-order valence-corrected chi connectivity index (χ0v) is 17.8. The zero-order valence-electron chi connectivity index (χ0n) is 17.8. The Morgan fingerprint density at radius 2 is 1.87 bits per heavy atom. The van der Waals surface area contributed by atoms with Crippen LogP contribution in [0.25, 0.3) is 0 Å². The van der Waals surface area contributed by atoms with E-state index in [-0.39, 0.29) is 28.8 Å². The van der Waals surface area contributed by atoms with E-state index in [4.69, 9.17) is 0 Å². The predicted octanol–water partition coefficient (Wildman–Crippen LogP) is 5.62. The Balaban J connectivity index is 2.03. The third-order valence-corrected chi connectivity index (χ3v) is 5.80. The second-order valence-corrected chi connectivity index (χ2v) is 9.30. The third-order valence-electron chi connectivity index (χ3n) is 5.80. The first-order valence-electron chi connectivity index (χ1n) is 10.4. The van der Waals surface area contributed by atoms with Crippen molar-refractivity contribution in [2.75, 3.05) is 10.2 Å². The molecule has 5 heteroatoms. The zero-order chi connectivity index (χ0) is 21.6. The standard InChI is InChI=1S/C25H27FN2O2/c1-15(2)24(30)28-20-11-6-5-10-18(20)27-19-13-25(3,4)14-21(29)22(19)23(28)16-8-7-9-17(26)12-16/h5-12,15,23,27H,13-14H2,1-4H3. The molecule has 1 heterocycles. The summed E-state index contributed by atoms with van der Waals surface area (Å²) >= 11 is 0. The molecule has 2 aromatic carbocycles. The fraction of sp³-hybridized carbons (Fsp3) is 0.360. The summed E-state index contributed by atoms with van der Waals surface area (Å²) < 4.78 is 14.2. The molecule has 1 N–H and O–H groups in total. The van der Waals surface area contributed by atoms with Gasteiger partial charge in [-0.3, -0.25) is 14.5 Å². The van der Waals surface area contributed by atoms with Gasteiger partial charge in [0.2, 0.25) is 5.91 Å². The average molecular weight is 407 g/mol. The number of nitrogens with one attached hydrogen (secondary N) is 1. The Kier molecular flexibility index (Phi) is 5.00. The van der Waals surface area contributed by atoms with Crippen LogP contribution in [0.2, 0.25) is 0 Å². The Morgan fingerprint density at radius 3 is 2.57 bits per heavy atom. The molecular weight excluding hydrogens is 379 g/mol. The molecule has 1 amide bonds. The number of allylic oxidation sites excluding steroid dienone is 1. The van der Waals surface area contributed by atoms with Gasteiger partial charge in [-0.1, -0.05) is 52.0 Å². The molecule has 156 valence electrons. The highest BCUT2D eigenvalue weighted by molar-refractivity contribution is 6.06. The van der Waals surface area contributed by atoms with Crippen LogP contribution in [0.5, 0.6) is 0 Å². The van der Waals surface area contributed by atoms with E-state index in [1.807, 2.05) is 38.1 Å². The summed E-state index contributed by atoms with van der Waals surface area (Å²) in [5, 5.41) is 3.46. The number of anilines is 2. The smallest absolute Gasteiger partial charge is 0.230 e.